The maximum absolute atomic E-state index is 3.99. The van der Waals surface area contributed by atoms with Crippen LogP contribution in [0.3, 0.4) is 0 Å². The van der Waals surface area contributed by atoms with Gasteiger partial charge in [-0.1, -0.05) is 0 Å². The van der Waals surface area contributed by atoms with E-state index in [0.29, 0.717) is 5.92 Å². The Hall–Kier alpha value is -0.877. The van der Waals surface area contributed by atoms with E-state index in [-0.39, 0.29) is 24.8 Å². The van der Waals surface area contributed by atoms with Crippen molar-refractivity contribution in [3.8, 4) is 11.1 Å². The molecule has 0 N–H and O–H groups in total. The molecular weight excluding hydrogens is 414 g/mol. The zero-order valence-electron chi connectivity index (χ0n) is 13.2. The Kier molecular flexibility index (Phi) is 6.48. The molecule has 2 aromatic carbocycles. The first-order valence-electron chi connectivity index (χ1n) is 7.76. The van der Waals surface area contributed by atoms with Crippen LogP contribution < -0.4 is 24.8 Å². The number of halogens is 2. The maximum atomic E-state index is 3.99. The fourth-order valence-electron chi connectivity index (χ4n) is 3.78. The molecule has 2 aliphatic carbocycles. The van der Waals surface area contributed by atoms with E-state index in [1.54, 1.807) is 3.28 Å². The molecular formula is C21H17Cl2Zr. The number of hydrogen-bond acceptors (Lipinski definition) is 0. The molecule has 0 heterocycles. The zero-order valence-corrected chi connectivity index (χ0v) is 17.2. The van der Waals surface area contributed by atoms with Gasteiger partial charge < -0.3 is 24.8 Å². The van der Waals surface area contributed by atoms with Crippen LogP contribution in [0.1, 0.15) is 35.4 Å². The molecule has 1 unspecified atom stereocenters. The minimum atomic E-state index is 0. The Balaban J connectivity index is 0.00000104. The van der Waals surface area contributed by atoms with E-state index in [1.165, 1.54) is 58.1 Å². The van der Waals surface area contributed by atoms with E-state index in [4.69, 9.17) is 0 Å². The standard InChI is InChI=1S/C21H17.2ClH.Zr/c1-2-8-19-17-11-5-6-12-18(17)20-14-7-13-16(21(19)20)15-9-3-4-10-15;;;/h2-3,5-7,9,11-14,19H,1,4,8H2;2*1H;/q;;;+2/p-2. The monoisotopic (exact) mass is 429 g/mol. The molecule has 24 heavy (non-hydrogen) atoms. The third-order valence-corrected chi connectivity index (χ3v) is 5.87. The molecule has 4 rings (SSSR count). The summed E-state index contributed by atoms with van der Waals surface area (Å²) in [4.78, 5) is 0. The fraction of sp³-hybridized carbons (Fsp3) is 0.143. The fourth-order valence-corrected chi connectivity index (χ4v) is 4.61. The van der Waals surface area contributed by atoms with Gasteiger partial charge in [0.15, 0.2) is 0 Å². The van der Waals surface area contributed by atoms with Gasteiger partial charge >= 0.3 is 147 Å². The van der Waals surface area contributed by atoms with Crippen LogP contribution in [0, 0.1) is 0 Å². The van der Waals surface area contributed by atoms with E-state index in [1.807, 2.05) is 0 Å². The summed E-state index contributed by atoms with van der Waals surface area (Å²) in [5, 5.41) is 0. The molecule has 2 aliphatic rings. The SMILES string of the molecule is C=CCC1c2ccccc2-c2cccc(C3=[C]([Zr+2])CC=C3)c21.[Cl-].[Cl-]. The molecule has 0 saturated heterocycles. The van der Waals surface area contributed by atoms with Gasteiger partial charge in [0, 0.05) is 0 Å². The van der Waals surface area contributed by atoms with Crippen molar-refractivity contribution in [3.63, 3.8) is 0 Å². The average Bonchev–Trinajstić information content (AvgIpc) is 3.10. The Labute approximate surface area is 171 Å². The number of rotatable bonds is 3. The second-order valence-corrected chi connectivity index (χ2v) is 7.41. The van der Waals surface area contributed by atoms with E-state index >= 15 is 0 Å². The summed E-state index contributed by atoms with van der Waals surface area (Å²) in [5.41, 5.74) is 8.66. The van der Waals surface area contributed by atoms with Gasteiger partial charge in [-0.2, -0.15) is 0 Å². The van der Waals surface area contributed by atoms with Crippen LogP contribution in [0.4, 0.5) is 0 Å². The molecule has 0 saturated carbocycles. The third kappa shape index (κ3) is 3.03. The minimum absolute atomic E-state index is 0. The summed E-state index contributed by atoms with van der Waals surface area (Å²) >= 11 is 1.53. The molecule has 2 aromatic rings. The Morgan fingerprint density at radius 1 is 1.00 bits per heavy atom. The molecule has 0 radical (unpaired) electrons. The number of hydrogen-bond donors (Lipinski definition) is 0. The second kappa shape index (κ2) is 8.00. The van der Waals surface area contributed by atoms with Crippen molar-refractivity contribution in [1.29, 1.82) is 0 Å². The van der Waals surface area contributed by atoms with Crippen molar-refractivity contribution in [2.45, 2.75) is 18.8 Å². The average molecular weight is 431 g/mol. The molecule has 1 atom stereocenters. The van der Waals surface area contributed by atoms with Crippen molar-refractivity contribution in [2.75, 3.05) is 0 Å². The maximum Gasteiger partial charge on any atom is -1.00 e. The summed E-state index contributed by atoms with van der Waals surface area (Å²) in [5.74, 6) is 0.449. The van der Waals surface area contributed by atoms with Gasteiger partial charge in [0.1, 0.15) is 0 Å². The number of benzene rings is 2. The van der Waals surface area contributed by atoms with Crippen LogP contribution in [-0.2, 0) is 24.7 Å². The van der Waals surface area contributed by atoms with Gasteiger partial charge in [-0.25, -0.2) is 0 Å². The van der Waals surface area contributed by atoms with Crippen molar-refractivity contribution in [3.05, 3.63) is 87.2 Å². The van der Waals surface area contributed by atoms with Crippen molar-refractivity contribution >= 4 is 5.57 Å². The van der Waals surface area contributed by atoms with Crippen molar-refractivity contribution < 1.29 is 49.5 Å². The van der Waals surface area contributed by atoms with Crippen molar-refractivity contribution in [2.24, 2.45) is 0 Å². The van der Waals surface area contributed by atoms with Gasteiger partial charge in [0.2, 0.25) is 0 Å². The zero-order chi connectivity index (χ0) is 15.1. The largest absolute Gasteiger partial charge is 1.00 e. The van der Waals surface area contributed by atoms with Gasteiger partial charge in [-0.05, 0) is 0 Å². The van der Waals surface area contributed by atoms with Crippen LogP contribution in [0.2, 0.25) is 0 Å². The Morgan fingerprint density at radius 2 is 1.71 bits per heavy atom. The smallest absolute Gasteiger partial charge is 1.00 e. The van der Waals surface area contributed by atoms with Gasteiger partial charge in [0.05, 0.1) is 0 Å². The van der Waals surface area contributed by atoms with Gasteiger partial charge in [-0.3, -0.25) is 0 Å². The topological polar surface area (TPSA) is 0 Å². The molecule has 0 spiro atoms. The van der Waals surface area contributed by atoms with E-state index in [9.17, 15) is 0 Å². The van der Waals surface area contributed by atoms with Crippen LogP contribution in [-0.4, -0.2) is 0 Å². The molecule has 0 amide bonds. The Morgan fingerprint density at radius 3 is 2.42 bits per heavy atom. The van der Waals surface area contributed by atoms with E-state index < -0.39 is 0 Å². The normalized spacial score (nSPS) is 17.0. The van der Waals surface area contributed by atoms with Crippen LogP contribution >= 0.6 is 0 Å². The predicted octanol–water partition coefficient (Wildman–Crippen LogP) is -0.399. The molecule has 119 valence electrons. The molecule has 0 aliphatic heterocycles. The van der Waals surface area contributed by atoms with Crippen molar-refractivity contribution in [1.82, 2.24) is 0 Å². The van der Waals surface area contributed by atoms with Gasteiger partial charge in [-0.15, -0.1) is 0 Å². The van der Waals surface area contributed by atoms with E-state index in [2.05, 4.69) is 67.3 Å². The molecule has 0 bridgehead atoms. The summed E-state index contributed by atoms with van der Waals surface area (Å²) in [6, 6.07) is 15.6. The predicted molar refractivity (Wildman–Crippen MR) is 89.2 cm³/mol. The van der Waals surface area contributed by atoms with Crippen LogP contribution in [0.25, 0.3) is 16.7 Å². The Bertz CT molecular complexity index is 833. The molecule has 0 aromatic heterocycles. The third-order valence-electron chi connectivity index (χ3n) is 4.71. The van der Waals surface area contributed by atoms with Gasteiger partial charge in [0.25, 0.3) is 0 Å². The second-order valence-electron chi connectivity index (χ2n) is 5.93. The first-order chi connectivity index (χ1) is 10.8. The van der Waals surface area contributed by atoms with E-state index in [0.717, 1.165) is 12.8 Å². The summed E-state index contributed by atoms with van der Waals surface area (Å²) in [6.07, 6.45) is 8.79. The van der Waals surface area contributed by atoms with Crippen LogP contribution in [0.15, 0.2) is 70.6 Å². The van der Waals surface area contributed by atoms with Crippen LogP contribution in [0.5, 0.6) is 0 Å². The molecule has 0 fully saturated rings. The molecule has 0 nitrogen and oxygen atoms in total. The number of fused-ring (bicyclic) bond motifs is 3. The number of allylic oxidation sites excluding steroid dienone is 5. The summed E-state index contributed by atoms with van der Waals surface area (Å²) in [7, 11) is 0. The first kappa shape index (κ1) is 19.4. The molecule has 3 heteroatoms. The quantitative estimate of drug-likeness (QED) is 0.581. The first-order valence-corrected chi connectivity index (χ1v) is 8.99. The minimum Gasteiger partial charge on any atom is -1.00 e. The summed E-state index contributed by atoms with van der Waals surface area (Å²) < 4.78 is 1.56. The summed E-state index contributed by atoms with van der Waals surface area (Å²) in [6.45, 7) is 3.99.